The highest BCUT2D eigenvalue weighted by Gasteiger charge is 2.29. The normalized spacial score (nSPS) is 14.1. The first-order valence-electron chi connectivity index (χ1n) is 10.6. The zero-order valence-electron chi connectivity index (χ0n) is 17.5. The molecule has 1 unspecified atom stereocenters. The standard InChI is InChI=1S/C24H21ClN6O2/c25-17-4-1-3-16(13-17)19-5-2-6-20-28-24(30-31(19)20)29-21(23(33)27-18-11-12-18)14-7-9-15(10-8-14)22(26)32/h1-10,13,18,21H,11-12H2,(H2,26,32)(H,27,33)(H,29,30). The zero-order valence-corrected chi connectivity index (χ0v) is 18.3. The van der Waals surface area contributed by atoms with Gasteiger partial charge in [0, 0.05) is 22.2 Å². The predicted octanol–water partition coefficient (Wildman–Crippen LogP) is 3.58. The Hall–Kier alpha value is -3.91. The number of halogens is 1. The lowest BCUT2D eigenvalue weighted by Crippen LogP contribution is -2.35. The number of benzene rings is 2. The molecule has 9 heteroatoms. The average Bonchev–Trinajstić information content (AvgIpc) is 3.52. The summed E-state index contributed by atoms with van der Waals surface area (Å²) in [5, 5.41) is 11.4. The third-order valence-electron chi connectivity index (χ3n) is 5.47. The number of carbonyl (C=O) groups is 2. The molecule has 0 aliphatic heterocycles. The lowest BCUT2D eigenvalue weighted by molar-refractivity contribution is -0.122. The Bertz CT molecular complexity index is 1350. The molecule has 2 aromatic heterocycles. The van der Waals surface area contributed by atoms with E-state index in [2.05, 4.69) is 20.7 Å². The molecular formula is C24H21ClN6O2. The number of pyridine rings is 1. The smallest absolute Gasteiger partial charge is 0.248 e. The number of fused-ring (bicyclic) bond motifs is 1. The van der Waals surface area contributed by atoms with Gasteiger partial charge >= 0.3 is 0 Å². The summed E-state index contributed by atoms with van der Waals surface area (Å²) in [6.45, 7) is 0. The van der Waals surface area contributed by atoms with Crippen molar-refractivity contribution in [3.8, 4) is 11.3 Å². The van der Waals surface area contributed by atoms with Crippen molar-refractivity contribution >= 4 is 35.0 Å². The van der Waals surface area contributed by atoms with Crippen LogP contribution in [0, 0.1) is 0 Å². The number of nitrogens with one attached hydrogen (secondary N) is 2. The van der Waals surface area contributed by atoms with Gasteiger partial charge < -0.3 is 16.4 Å². The van der Waals surface area contributed by atoms with E-state index in [1.54, 1.807) is 28.8 Å². The second-order valence-electron chi connectivity index (χ2n) is 7.97. The number of hydrogen-bond acceptors (Lipinski definition) is 5. The molecule has 4 aromatic rings. The fourth-order valence-corrected chi connectivity index (χ4v) is 3.80. The van der Waals surface area contributed by atoms with Crippen LogP contribution in [0.25, 0.3) is 16.9 Å². The van der Waals surface area contributed by atoms with Crippen molar-refractivity contribution < 1.29 is 9.59 Å². The minimum atomic E-state index is -0.737. The maximum Gasteiger partial charge on any atom is 0.248 e. The Kier molecular flexibility index (Phi) is 5.43. The summed E-state index contributed by atoms with van der Waals surface area (Å²) in [6, 6.07) is 19.2. The average molecular weight is 461 g/mol. The minimum Gasteiger partial charge on any atom is -0.366 e. The van der Waals surface area contributed by atoms with Crippen LogP contribution in [0.3, 0.4) is 0 Å². The second-order valence-corrected chi connectivity index (χ2v) is 8.41. The van der Waals surface area contributed by atoms with Crippen LogP contribution in [0.2, 0.25) is 5.02 Å². The zero-order chi connectivity index (χ0) is 22.9. The van der Waals surface area contributed by atoms with Gasteiger partial charge in [0.05, 0.1) is 5.69 Å². The van der Waals surface area contributed by atoms with E-state index in [1.165, 1.54) is 0 Å². The Morgan fingerprint density at radius 1 is 1.06 bits per heavy atom. The molecule has 8 nitrogen and oxygen atoms in total. The molecule has 0 saturated heterocycles. The van der Waals surface area contributed by atoms with E-state index in [-0.39, 0.29) is 11.9 Å². The van der Waals surface area contributed by atoms with Crippen molar-refractivity contribution in [1.82, 2.24) is 19.9 Å². The first kappa shape index (κ1) is 21.0. The fraction of sp³-hybridized carbons (Fsp3) is 0.167. The quantitative estimate of drug-likeness (QED) is 0.390. The van der Waals surface area contributed by atoms with E-state index in [4.69, 9.17) is 17.3 Å². The van der Waals surface area contributed by atoms with Crippen molar-refractivity contribution in [2.45, 2.75) is 24.9 Å². The molecule has 1 fully saturated rings. The van der Waals surface area contributed by atoms with Gasteiger partial charge in [-0.3, -0.25) is 9.59 Å². The molecule has 1 aliphatic rings. The highest BCUT2D eigenvalue weighted by atomic mass is 35.5. The third kappa shape index (κ3) is 4.51. The SMILES string of the molecule is NC(=O)c1ccc(C(Nc2nc3cccc(-c4cccc(Cl)c4)n3n2)C(=O)NC2CC2)cc1. The molecule has 2 heterocycles. The Balaban J connectivity index is 1.49. The largest absolute Gasteiger partial charge is 0.366 e. The molecule has 5 rings (SSSR count). The number of carbonyl (C=O) groups excluding carboxylic acids is 2. The highest BCUT2D eigenvalue weighted by molar-refractivity contribution is 6.30. The Labute approximate surface area is 194 Å². The number of nitrogens with zero attached hydrogens (tertiary/aromatic N) is 3. The molecule has 2 aromatic carbocycles. The number of nitrogens with two attached hydrogens (primary N) is 1. The fourth-order valence-electron chi connectivity index (χ4n) is 3.61. The number of hydrogen-bond donors (Lipinski definition) is 3. The molecule has 33 heavy (non-hydrogen) atoms. The lowest BCUT2D eigenvalue weighted by atomic mass is 10.0. The van der Waals surface area contributed by atoms with Crippen LogP contribution in [-0.4, -0.2) is 32.5 Å². The van der Waals surface area contributed by atoms with Gasteiger partial charge in [-0.05, 0) is 54.8 Å². The molecule has 1 atom stereocenters. The molecule has 1 saturated carbocycles. The van der Waals surface area contributed by atoms with E-state index in [9.17, 15) is 9.59 Å². The first-order valence-corrected chi connectivity index (χ1v) is 10.9. The Morgan fingerprint density at radius 2 is 1.82 bits per heavy atom. The number of anilines is 1. The summed E-state index contributed by atoms with van der Waals surface area (Å²) in [5.41, 5.74) is 8.74. The second kappa shape index (κ2) is 8.55. The van der Waals surface area contributed by atoms with Crippen molar-refractivity contribution in [1.29, 1.82) is 0 Å². The van der Waals surface area contributed by atoms with Gasteiger partial charge in [-0.1, -0.05) is 41.9 Å². The van der Waals surface area contributed by atoms with E-state index in [1.807, 2.05) is 42.5 Å². The van der Waals surface area contributed by atoms with E-state index in [0.717, 1.165) is 24.1 Å². The summed E-state index contributed by atoms with van der Waals surface area (Å²) in [6.07, 6.45) is 1.93. The van der Waals surface area contributed by atoms with Crippen molar-refractivity contribution in [3.63, 3.8) is 0 Å². The van der Waals surface area contributed by atoms with Crippen molar-refractivity contribution in [2.24, 2.45) is 5.73 Å². The Morgan fingerprint density at radius 3 is 2.52 bits per heavy atom. The first-order chi connectivity index (χ1) is 16.0. The van der Waals surface area contributed by atoms with Crippen molar-refractivity contribution in [2.75, 3.05) is 5.32 Å². The van der Waals surface area contributed by atoms with E-state index in [0.29, 0.717) is 27.7 Å². The van der Waals surface area contributed by atoms with Crippen LogP contribution in [0.15, 0.2) is 66.7 Å². The molecule has 2 amide bonds. The van der Waals surface area contributed by atoms with Gasteiger partial charge in [-0.2, -0.15) is 4.98 Å². The highest BCUT2D eigenvalue weighted by Crippen LogP contribution is 2.26. The van der Waals surface area contributed by atoms with Crippen molar-refractivity contribution in [3.05, 3.63) is 82.9 Å². The molecule has 0 radical (unpaired) electrons. The summed E-state index contributed by atoms with van der Waals surface area (Å²) >= 11 is 6.17. The summed E-state index contributed by atoms with van der Waals surface area (Å²) in [5.74, 6) is -0.401. The summed E-state index contributed by atoms with van der Waals surface area (Å²) in [7, 11) is 0. The van der Waals surface area contributed by atoms with Gasteiger partial charge in [-0.25, -0.2) is 4.52 Å². The number of aromatic nitrogens is 3. The van der Waals surface area contributed by atoms with E-state index >= 15 is 0 Å². The van der Waals surface area contributed by atoms with Crippen LogP contribution in [0.5, 0.6) is 0 Å². The van der Waals surface area contributed by atoms with Crippen LogP contribution < -0.4 is 16.4 Å². The summed E-state index contributed by atoms with van der Waals surface area (Å²) < 4.78 is 1.71. The molecule has 166 valence electrons. The molecular weight excluding hydrogens is 440 g/mol. The van der Waals surface area contributed by atoms with Crippen LogP contribution in [-0.2, 0) is 4.79 Å². The maximum atomic E-state index is 13.0. The monoisotopic (exact) mass is 460 g/mol. The lowest BCUT2D eigenvalue weighted by Gasteiger charge is -2.18. The minimum absolute atomic E-state index is 0.182. The molecule has 0 spiro atoms. The topological polar surface area (TPSA) is 114 Å². The molecule has 1 aliphatic carbocycles. The third-order valence-corrected chi connectivity index (χ3v) is 5.70. The number of rotatable bonds is 7. The van der Waals surface area contributed by atoms with Gasteiger partial charge in [-0.15, -0.1) is 5.10 Å². The van der Waals surface area contributed by atoms with Crippen LogP contribution >= 0.6 is 11.6 Å². The van der Waals surface area contributed by atoms with Gasteiger partial charge in [0.25, 0.3) is 0 Å². The van der Waals surface area contributed by atoms with Crippen LogP contribution in [0.4, 0.5) is 5.95 Å². The number of amides is 2. The van der Waals surface area contributed by atoms with Gasteiger partial charge in [0.1, 0.15) is 6.04 Å². The maximum absolute atomic E-state index is 13.0. The molecule has 0 bridgehead atoms. The van der Waals surface area contributed by atoms with Gasteiger partial charge in [0.15, 0.2) is 5.65 Å². The van der Waals surface area contributed by atoms with E-state index < -0.39 is 11.9 Å². The van der Waals surface area contributed by atoms with Crippen LogP contribution in [0.1, 0.15) is 34.8 Å². The van der Waals surface area contributed by atoms with Gasteiger partial charge in [0.2, 0.25) is 17.8 Å². The number of primary amides is 1. The molecule has 4 N–H and O–H groups in total. The predicted molar refractivity (Wildman–Crippen MR) is 126 cm³/mol. The summed E-state index contributed by atoms with van der Waals surface area (Å²) in [4.78, 5) is 29.0.